The summed E-state index contributed by atoms with van der Waals surface area (Å²) >= 11 is 0. The van der Waals surface area contributed by atoms with E-state index in [1.165, 1.54) is 32.4 Å². The Morgan fingerprint density at radius 1 is 1.00 bits per heavy atom. The first-order valence-electron chi connectivity index (χ1n) is 5.87. The highest BCUT2D eigenvalue weighted by Crippen LogP contribution is 2.36. The van der Waals surface area contributed by atoms with Gasteiger partial charge >= 0.3 is 0 Å². The van der Waals surface area contributed by atoms with Gasteiger partial charge in [-0.3, -0.25) is 4.90 Å². The Morgan fingerprint density at radius 3 is 1.86 bits per heavy atom. The molecule has 0 amide bonds. The molecule has 0 saturated carbocycles. The average Bonchev–Trinajstić information content (AvgIpc) is 2.16. The molecule has 2 N–H and O–H groups in total. The van der Waals surface area contributed by atoms with Crippen LogP contribution < -0.4 is 5.73 Å². The van der Waals surface area contributed by atoms with E-state index in [1.807, 2.05) is 0 Å². The minimum Gasteiger partial charge on any atom is -0.329 e. The van der Waals surface area contributed by atoms with Crippen molar-refractivity contribution in [3.63, 3.8) is 0 Å². The van der Waals surface area contributed by atoms with Crippen molar-refractivity contribution in [1.29, 1.82) is 0 Å². The standard InChI is InChI=1S/C12H26N2/c1-11(2,3)12(4,10-13)14-8-6-5-7-9-14/h5-10,13H2,1-4H3. The second-order valence-corrected chi connectivity index (χ2v) is 5.78. The van der Waals surface area contributed by atoms with Gasteiger partial charge in [0, 0.05) is 12.1 Å². The zero-order valence-electron chi connectivity index (χ0n) is 10.3. The maximum absolute atomic E-state index is 5.98. The lowest BCUT2D eigenvalue weighted by atomic mass is 9.73. The molecule has 2 nitrogen and oxygen atoms in total. The quantitative estimate of drug-likeness (QED) is 0.737. The first-order chi connectivity index (χ1) is 6.42. The van der Waals surface area contributed by atoms with E-state index < -0.39 is 0 Å². The molecule has 0 aliphatic carbocycles. The van der Waals surface area contributed by atoms with Crippen molar-refractivity contribution in [2.45, 2.75) is 52.5 Å². The fourth-order valence-corrected chi connectivity index (χ4v) is 2.30. The zero-order chi connectivity index (χ0) is 10.8. The number of nitrogens with two attached hydrogens (primary N) is 1. The summed E-state index contributed by atoms with van der Waals surface area (Å²) in [4.78, 5) is 2.59. The topological polar surface area (TPSA) is 29.3 Å². The van der Waals surface area contributed by atoms with E-state index in [1.54, 1.807) is 0 Å². The van der Waals surface area contributed by atoms with Crippen molar-refractivity contribution in [3.05, 3.63) is 0 Å². The summed E-state index contributed by atoms with van der Waals surface area (Å²) in [5.41, 5.74) is 6.41. The molecule has 1 saturated heterocycles. The molecule has 1 atom stereocenters. The molecular weight excluding hydrogens is 172 g/mol. The highest BCUT2D eigenvalue weighted by Gasteiger charge is 2.41. The van der Waals surface area contributed by atoms with Crippen molar-refractivity contribution in [2.75, 3.05) is 19.6 Å². The molecule has 0 aromatic carbocycles. The number of likely N-dealkylation sites (tertiary alicyclic amines) is 1. The van der Waals surface area contributed by atoms with Gasteiger partial charge in [-0.2, -0.15) is 0 Å². The molecule has 0 aromatic rings. The molecule has 1 rings (SSSR count). The molecule has 2 heteroatoms. The summed E-state index contributed by atoms with van der Waals surface area (Å²) in [7, 11) is 0. The number of piperidine rings is 1. The van der Waals surface area contributed by atoms with Crippen LogP contribution in [0.5, 0.6) is 0 Å². The molecule has 1 unspecified atom stereocenters. The van der Waals surface area contributed by atoms with Gasteiger partial charge in [-0.05, 0) is 38.3 Å². The first-order valence-corrected chi connectivity index (χ1v) is 5.87. The summed E-state index contributed by atoms with van der Waals surface area (Å²) in [6.07, 6.45) is 4.07. The summed E-state index contributed by atoms with van der Waals surface area (Å²) in [6, 6.07) is 0. The van der Waals surface area contributed by atoms with E-state index in [9.17, 15) is 0 Å². The number of nitrogens with zero attached hydrogens (tertiary/aromatic N) is 1. The fourth-order valence-electron chi connectivity index (χ4n) is 2.30. The van der Waals surface area contributed by atoms with Crippen molar-refractivity contribution >= 4 is 0 Å². The average molecular weight is 198 g/mol. The van der Waals surface area contributed by atoms with E-state index in [4.69, 9.17) is 5.73 Å². The van der Waals surface area contributed by atoms with Crippen LogP contribution in [0.4, 0.5) is 0 Å². The SMILES string of the molecule is CC(C)(C)C(C)(CN)N1CCCCC1. The van der Waals surface area contributed by atoms with Gasteiger partial charge < -0.3 is 5.73 Å². The number of rotatable bonds is 2. The second-order valence-electron chi connectivity index (χ2n) is 5.78. The fraction of sp³-hybridized carbons (Fsp3) is 1.00. The molecule has 84 valence electrons. The Balaban J connectivity index is 2.77. The van der Waals surface area contributed by atoms with Crippen LogP contribution in [0.15, 0.2) is 0 Å². The largest absolute Gasteiger partial charge is 0.329 e. The van der Waals surface area contributed by atoms with Crippen LogP contribution in [0.1, 0.15) is 47.0 Å². The molecule has 14 heavy (non-hydrogen) atoms. The molecule has 0 spiro atoms. The molecule has 1 aliphatic rings. The van der Waals surface area contributed by atoms with Gasteiger partial charge in [0.15, 0.2) is 0 Å². The minimum atomic E-state index is 0.160. The Morgan fingerprint density at radius 2 is 1.50 bits per heavy atom. The number of hydrogen-bond acceptors (Lipinski definition) is 2. The highest BCUT2D eigenvalue weighted by molar-refractivity contribution is 4.97. The van der Waals surface area contributed by atoms with Gasteiger partial charge in [0.2, 0.25) is 0 Å². The van der Waals surface area contributed by atoms with Crippen LogP contribution >= 0.6 is 0 Å². The van der Waals surface area contributed by atoms with Crippen LogP contribution in [0.25, 0.3) is 0 Å². The summed E-state index contributed by atoms with van der Waals surface area (Å²) in [5, 5.41) is 0. The predicted octanol–water partition coefficient (Wildman–Crippen LogP) is 2.24. The molecular formula is C12H26N2. The third-order valence-corrected chi connectivity index (χ3v) is 4.07. The summed E-state index contributed by atoms with van der Waals surface area (Å²) < 4.78 is 0. The van der Waals surface area contributed by atoms with Crippen molar-refractivity contribution in [3.8, 4) is 0 Å². The van der Waals surface area contributed by atoms with Gasteiger partial charge in [0.25, 0.3) is 0 Å². The van der Waals surface area contributed by atoms with Gasteiger partial charge in [-0.25, -0.2) is 0 Å². The van der Waals surface area contributed by atoms with Crippen LogP contribution in [0.3, 0.4) is 0 Å². The monoisotopic (exact) mass is 198 g/mol. The van der Waals surface area contributed by atoms with Crippen LogP contribution in [0, 0.1) is 5.41 Å². The van der Waals surface area contributed by atoms with E-state index in [2.05, 4.69) is 32.6 Å². The normalized spacial score (nSPS) is 24.6. The van der Waals surface area contributed by atoms with Crippen LogP contribution in [-0.4, -0.2) is 30.1 Å². The summed E-state index contributed by atoms with van der Waals surface area (Å²) in [5.74, 6) is 0. The minimum absolute atomic E-state index is 0.160. The lowest BCUT2D eigenvalue weighted by Gasteiger charge is -2.51. The Kier molecular flexibility index (Phi) is 3.59. The second kappa shape index (κ2) is 4.19. The van der Waals surface area contributed by atoms with E-state index >= 15 is 0 Å². The van der Waals surface area contributed by atoms with Crippen LogP contribution in [-0.2, 0) is 0 Å². The number of hydrogen-bond donors (Lipinski definition) is 1. The third-order valence-electron chi connectivity index (χ3n) is 4.07. The van der Waals surface area contributed by atoms with Gasteiger partial charge in [-0.15, -0.1) is 0 Å². The van der Waals surface area contributed by atoms with E-state index in [0.29, 0.717) is 0 Å². The zero-order valence-corrected chi connectivity index (χ0v) is 10.3. The smallest absolute Gasteiger partial charge is 0.0351 e. The molecule has 1 aliphatic heterocycles. The van der Waals surface area contributed by atoms with Crippen molar-refractivity contribution in [1.82, 2.24) is 4.90 Å². The van der Waals surface area contributed by atoms with E-state index in [0.717, 1.165) is 6.54 Å². The maximum Gasteiger partial charge on any atom is 0.0351 e. The van der Waals surface area contributed by atoms with Gasteiger partial charge in [0.05, 0.1) is 0 Å². The summed E-state index contributed by atoms with van der Waals surface area (Å²) in [6.45, 7) is 12.4. The molecule has 0 radical (unpaired) electrons. The van der Waals surface area contributed by atoms with Crippen molar-refractivity contribution < 1.29 is 0 Å². The first kappa shape index (κ1) is 12.0. The lowest BCUT2D eigenvalue weighted by molar-refractivity contribution is 0.000607. The Labute approximate surface area is 88.8 Å². The highest BCUT2D eigenvalue weighted by atomic mass is 15.2. The lowest BCUT2D eigenvalue weighted by Crippen LogP contribution is -2.60. The van der Waals surface area contributed by atoms with E-state index in [-0.39, 0.29) is 11.0 Å². The van der Waals surface area contributed by atoms with Crippen LogP contribution in [0.2, 0.25) is 0 Å². The Bertz CT molecular complexity index is 177. The maximum atomic E-state index is 5.98. The molecule has 0 aromatic heterocycles. The Hall–Kier alpha value is -0.0800. The molecule has 1 heterocycles. The van der Waals surface area contributed by atoms with Crippen molar-refractivity contribution in [2.24, 2.45) is 11.1 Å². The molecule has 0 bridgehead atoms. The predicted molar refractivity (Wildman–Crippen MR) is 62.3 cm³/mol. The van der Waals surface area contributed by atoms with Gasteiger partial charge in [-0.1, -0.05) is 27.2 Å². The third kappa shape index (κ3) is 2.12. The van der Waals surface area contributed by atoms with Gasteiger partial charge in [0.1, 0.15) is 0 Å². The molecule has 1 fully saturated rings.